The third-order valence-electron chi connectivity index (χ3n) is 8.90. The van der Waals surface area contributed by atoms with E-state index in [1.165, 1.54) is 11.0 Å². The van der Waals surface area contributed by atoms with Crippen molar-refractivity contribution >= 4 is 62.4 Å². The zero-order valence-corrected chi connectivity index (χ0v) is 23.7. The maximum Gasteiger partial charge on any atom is 0.238 e. The van der Waals surface area contributed by atoms with Crippen molar-refractivity contribution in [3.8, 4) is 5.75 Å². The van der Waals surface area contributed by atoms with Gasteiger partial charge in [-0.05, 0) is 95.6 Å². The molecule has 4 atom stereocenters. The van der Waals surface area contributed by atoms with Crippen molar-refractivity contribution in [3.63, 3.8) is 0 Å². The lowest BCUT2D eigenvalue weighted by molar-refractivity contribution is -0.123. The summed E-state index contributed by atoms with van der Waals surface area (Å²) in [5.41, 5.74) is 3.52. The number of rotatable bonds is 2. The van der Waals surface area contributed by atoms with Crippen LogP contribution < -0.4 is 4.90 Å². The molecule has 1 N–H and O–H groups in total. The Bertz CT molecular complexity index is 1780. The SMILES string of the molecule is CC1=CC(=O)C2=C(C1=O)[C@@H](c1ccc(O)c3ccccc13)C1=CC[C@@H]3C(=O)N(c4ccc(I)cc4)C(=O)[C@@H]3[C@@H]1C2. The van der Waals surface area contributed by atoms with Gasteiger partial charge in [0.25, 0.3) is 0 Å². The Labute approximate surface area is 244 Å². The fraction of sp³-hybridized carbons (Fsp3) is 0.212. The van der Waals surface area contributed by atoms with E-state index >= 15 is 0 Å². The van der Waals surface area contributed by atoms with E-state index in [0.29, 0.717) is 34.2 Å². The number of amides is 2. The van der Waals surface area contributed by atoms with Gasteiger partial charge in [0.05, 0.1) is 17.5 Å². The first-order chi connectivity index (χ1) is 19.3. The number of Topliss-reactive ketones (excluding diaryl/α,β-unsaturated/α-hetero) is 1. The molecule has 0 unspecified atom stereocenters. The largest absolute Gasteiger partial charge is 0.507 e. The van der Waals surface area contributed by atoms with Crippen LogP contribution in [0.15, 0.2) is 95.1 Å². The third-order valence-corrected chi connectivity index (χ3v) is 9.61. The van der Waals surface area contributed by atoms with Crippen molar-refractivity contribution in [1.29, 1.82) is 0 Å². The maximum absolute atomic E-state index is 14.0. The molecule has 3 aliphatic carbocycles. The highest BCUT2D eigenvalue weighted by Crippen LogP contribution is 2.56. The van der Waals surface area contributed by atoms with E-state index in [-0.39, 0.29) is 35.6 Å². The lowest BCUT2D eigenvalue weighted by Gasteiger charge is -2.42. The number of anilines is 1. The number of nitrogens with zero attached hydrogens (tertiary/aromatic N) is 1. The minimum absolute atomic E-state index is 0.130. The molecule has 0 aromatic heterocycles. The average Bonchev–Trinajstić information content (AvgIpc) is 3.21. The molecule has 1 aliphatic heterocycles. The molecule has 1 heterocycles. The molecule has 1 fully saturated rings. The van der Waals surface area contributed by atoms with Crippen molar-refractivity contribution in [2.24, 2.45) is 17.8 Å². The van der Waals surface area contributed by atoms with Gasteiger partial charge < -0.3 is 5.11 Å². The zero-order chi connectivity index (χ0) is 27.9. The number of imide groups is 1. The van der Waals surface area contributed by atoms with Gasteiger partial charge in [-0.3, -0.25) is 24.1 Å². The second kappa shape index (κ2) is 9.09. The Morgan fingerprint density at radius 3 is 2.35 bits per heavy atom. The number of hydrogen-bond acceptors (Lipinski definition) is 5. The summed E-state index contributed by atoms with van der Waals surface area (Å²) in [5, 5.41) is 12.0. The number of allylic oxidation sites excluding steroid dienone is 6. The summed E-state index contributed by atoms with van der Waals surface area (Å²) >= 11 is 2.18. The first kappa shape index (κ1) is 25.1. The first-order valence-electron chi connectivity index (χ1n) is 13.3. The summed E-state index contributed by atoms with van der Waals surface area (Å²) in [5.74, 6) is -2.84. The van der Waals surface area contributed by atoms with Gasteiger partial charge in [0.15, 0.2) is 11.6 Å². The Morgan fingerprint density at radius 2 is 1.60 bits per heavy atom. The van der Waals surface area contributed by atoms with Crippen LogP contribution in [0.5, 0.6) is 5.75 Å². The van der Waals surface area contributed by atoms with Gasteiger partial charge in [-0.1, -0.05) is 42.0 Å². The van der Waals surface area contributed by atoms with Crippen LogP contribution in [0, 0.1) is 21.3 Å². The van der Waals surface area contributed by atoms with Crippen molar-refractivity contribution in [2.75, 3.05) is 4.90 Å². The molecule has 1 saturated heterocycles. The molecule has 3 aromatic carbocycles. The Hall–Kier alpha value is -3.85. The van der Waals surface area contributed by atoms with Gasteiger partial charge >= 0.3 is 0 Å². The minimum atomic E-state index is -0.624. The highest BCUT2D eigenvalue weighted by molar-refractivity contribution is 14.1. The van der Waals surface area contributed by atoms with Crippen LogP contribution in [-0.4, -0.2) is 28.5 Å². The monoisotopic (exact) mass is 641 g/mol. The van der Waals surface area contributed by atoms with Crippen LogP contribution in [0.3, 0.4) is 0 Å². The van der Waals surface area contributed by atoms with E-state index in [1.54, 1.807) is 25.1 Å². The highest BCUT2D eigenvalue weighted by Gasteiger charge is 2.56. The molecule has 7 heteroatoms. The molecule has 6 nitrogen and oxygen atoms in total. The van der Waals surface area contributed by atoms with Crippen molar-refractivity contribution in [2.45, 2.75) is 25.7 Å². The maximum atomic E-state index is 14.0. The van der Waals surface area contributed by atoms with E-state index in [4.69, 9.17) is 0 Å². The van der Waals surface area contributed by atoms with Crippen molar-refractivity contribution in [3.05, 3.63) is 104 Å². The van der Waals surface area contributed by atoms with Gasteiger partial charge in [-0.25, -0.2) is 0 Å². The highest BCUT2D eigenvalue weighted by atomic mass is 127. The minimum Gasteiger partial charge on any atom is -0.507 e. The Morgan fingerprint density at radius 1 is 0.875 bits per heavy atom. The van der Waals surface area contributed by atoms with Gasteiger partial charge in [-0.15, -0.1) is 0 Å². The van der Waals surface area contributed by atoms with Crippen LogP contribution in [0.4, 0.5) is 5.69 Å². The molecule has 198 valence electrons. The molecule has 0 bridgehead atoms. The van der Waals surface area contributed by atoms with Gasteiger partial charge in [0.1, 0.15) is 5.75 Å². The van der Waals surface area contributed by atoms with Crippen LogP contribution in [0.2, 0.25) is 0 Å². The number of phenols is 1. The van der Waals surface area contributed by atoms with Crippen molar-refractivity contribution < 1.29 is 24.3 Å². The smallest absolute Gasteiger partial charge is 0.238 e. The summed E-state index contributed by atoms with van der Waals surface area (Å²) in [4.78, 5) is 56.0. The number of aromatic hydroxyl groups is 1. The van der Waals surface area contributed by atoms with Gasteiger partial charge in [-0.2, -0.15) is 0 Å². The zero-order valence-electron chi connectivity index (χ0n) is 21.6. The van der Waals surface area contributed by atoms with Crippen LogP contribution in [0.25, 0.3) is 10.8 Å². The van der Waals surface area contributed by atoms with E-state index < -0.39 is 23.7 Å². The number of ketones is 2. The lowest BCUT2D eigenvalue weighted by atomic mass is 9.59. The fourth-order valence-electron chi connectivity index (χ4n) is 7.12. The summed E-state index contributed by atoms with van der Waals surface area (Å²) in [6.45, 7) is 1.66. The topological polar surface area (TPSA) is 91.8 Å². The molecule has 2 amide bonds. The summed E-state index contributed by atoms with van der Waals surface area (Å²) < 4.78 is 1.00. The normalized spacial score (nSPS) is 26.0. The standard InChI is InChI=1S/C33H24INO5/c1-16-14-27(37)25-15-24-22(10-11-23-29(24)33(40)35(32(23)39)18-8-6-17(34)7-9-18)28(30(25)31(16)38)21-12-13-26(36)20-5-3-2-4-19(20)21/h2-10,12-14,23-24,28-29,36H,11,15H2,1H3/t23-,24+,28-,29-/m0/s1. The fourth-order valence-corrected chi connectivity index (χ4v) is 7.48. The van der Waals surface area contributed by atoms with Crippen molar-refractivity contribution in [1.82, 2.24) is 0 Å². The quantitative estimate of drug-likeness (QED) is 0.166. The van der Waals surface area contributed by atoms with Crippen LogP contribution in [-0.2, 0) is 19.2 Å². The molecular weight excluding hydrogens is 617 g/mol. The van der Waals surface area contributed by atoms with E-state index in [1.807, 2.05) is 48.5 Å². The molecule has 0 saturated carbocycles. The van der Waals surface area contributed by atoms with E-state index in [0.717, 1.165) is 20.1 Å². The number of hydrogen-bond donors (Lipinski definition) is 1. The number of fused-ring (bicyclic) bond motifs is 4. The number of carbonyl (C=O) groups is 4. The Balaban J connectivity index is 1.41. The molecule has 0 radical (unpaired) electrons. The van der Waals surface area contributed by atoms with Crippen LogP contribution >= 0.6 is 22.6 Å². The summed E-state index contributed by atoms with van der Waals surface area (Å²) in [6.07, 6.45) is 4.04. The molecule has 3 aromatic rings. The van der Waals surface area contributed by atoms with E-state index in [2.05, 4.69) is 22.6 Å². The molecule has 0 spiro atoms. The average molecular weight is 641 g/mol. The Kier molecular flexibility index (Phi) is 5.71. The lowest BCUT2D eigenvalue weighted by Crippen LogP contribution is -2.39. The molecular formula is C33H24INO5. The number of phenolic OH excluding ortho intramolecular Hbond substituents is 1. The molecule has 4 aliphatic rings. The second-order valence-corrected chi connectivity index (χ2v) is 12.2. The number of halogens is 1. The van der Waals surface area contributed by atoms with E-state index in [9.17, 15) is 24.3 Å². The number of benzene rings is 3. The number of carbonyl (C=O) groups excluding carboxylic acids is 4. The molecule has 40 heavy (non-hydrogen) atoms. The van der Waals surface area contributed by atoms with Crippen LogP contribution in [0.1, 0.15) is 31.2 Å². The predicted molar refractivity (Wildman–Crippen MR) is 159 cm³/mol. The van der Waals surface area contributed by atoms with Gasteiger partial charge in [0, 0.05) is 31.6 Å². The first-order valence-corrected chi connectivity index (χ1v) is 14.4. The van der Waals surface area contributed by atoms with Gasteiger partial charge in [0.2, 0.25) is 11.8 Å². The molecule has 7 rings (SSSR count). The third kappa shape index (κ3) is 3.53. The summed E-state index contributed by atoms with van der Waals surface area (Å²) in [6, 6.07) is 18.2. The second-order valence-electron chi connectivity index (χ2n) is 10.9. The summed E-state index contributed by atoms with van der Waals surface area (Å²) in [7, 11) is 0. The predicted octanol–water partition coefficient (Wildman–Crippen LogP) is 5.78.